The first kappa shape index (κ1) is 20.6. The van der Waals surface area contributed by atoms with Crippen LogP contribution in [0, 0.1) is 5.92 Å². The van der Waals surface area contributed by atoms with Crippen LogP contribution in [0.3, 0.4) is 0 Å². The van der Waals surface area contributed by atoms with Gasteiger partial charge in [0, 0.05) is 22.9 Å². The molecule has 4 rings (SSSR count). The maximum atomic E-state index is 12.7. The van der Waals surface area contributed by atoms with Gasteiger partial charge in [0.25, 0.3) is 0 Å². The highest BCUT2D eigenvalue weighted by Crippen LogP contribution is 2.44. The van der Waals surface area contributed by atoms with Crippen molar-refractivity contribution in [1.29, 1.82) is 0 Å². The molecule has 4 nitrogen and oxygen atoms in total. The Kier molecular flexibility index (Phi) is 6.21. The molecule has 2 atom stereocenters. The van der Waals surface area contributed by atoms with Gasteiger partial charge in [-0.05, 0) is 39.9 Å². The molecule has 1 amide bonds. The third kappa shape index (κ3) is 4.13. The molecule has 0 spiro atoms. The average molecular weight is 466 g/mol. The molecule has 0 heterocycles. The summed E-state index contributed by atoms with van der Waals surface area (Å²) < 4.78 is 6.63. The van der Waals surface area contributed by atoms with Crippen LogP contribution in [-0.2, 0) is 4.74 Å². The molecule has 0 radical (unpaired) electrons. The number of hydrogen-bond acceptors (Lipinski definition) is 3. The summed E-state index contributed by atoms with van der Waals surface area (Å²) in [6.07, 6.45) is -0.481. The van der Waals surface area contributed by atoms with Gasteiger partial charge in [-0.2, -0.15) is 0 Å². The summed E-state index contributed by atoms with van der Waals surface area (Å²) in [4.78, 5) is 12.7. The Morgan fingerprint density at radius 1 is 1.00 bits per heavy atom. The first-order valence-corrected chi connectivity index (χ1v) is 10.9. The monoisotopic (exact) mass is 465 g/mol. The van der Waals surface area contributed by atoms with E-state index in [-0.39, 0.29) is 31.1 Å². The minimum absolute atomic E-state index is 0.0181. The van der Waals surface area contributed by atoms with Crippen molar-refractivity contribution in [2.45, 2.75) is 18.9 Å². The van der Waals surface area contributed by atoms with Crippen LogP contribution >= 0.6 is 15.9 Å². The number of rotatable bonds is 6. The number of aliphatic hydroxyl groups is 1. The lowest BCUT2D eigenvalue weighted by Crippen LogP contribution is -2.35. The molecule has 3 aromatic rings. The maximum Gasteiger partial charge on any atom is 0.407 e. The molecule has 0 aromatic heterocycles. The highest BCUT2D eigenvalue weighted by atomic mass is 79.9. The zero-order valence-corrected chi connectivity index (χ0v) is 18.3. The fourth-order valence-corrected chi connectivity index (χ4v) is 4.36. The van der Waals surface area contributed by atoms with Gasteiger partial charge in [-0.1, -0.05) is 83.5 Å². The average Bonchev–Trinajstić information content (AvgIpc) is 3.10. The molecule has 0 saturated heterocycles. The van der Waals surface area contributed by atoms with E-state index in [9.17, 15) is 9.90 Å². The Morgan fingerprint density at radius 2 is 1.57 bits per heavy atom. The molecular formula is C25H24BrNO3. The van der Waals surface area contributed by atoms with Crippen molar-refractivity contribution in [3.63, 3.8) is 0 Å². The highest BCUT2D eigenvalue weighted by Gasteiger charge is 2.29. The van der Waals surface area contributed by atoms with Crippen molar-refractivity contribution in [1.82, 2.24) is 5.32 Å². The van der Waals surface area contributed by atoms with Crippen LogP contribution in [0.25, 0.3) is 11.1 Å². The first-order chi connectivity index (χ1) is 14.6. The third-order valence-electron chi connectivity index (χ3n) is 5.70. The van der Waals surface area contributed by atoms with E-state index in [1.165, 1.54) is 22.3 Å². The van der Waals surface area contributed by atoms with Crippen LogP contribution in [0.1, 0.15) is 35.6 Å². The minimum atomic E-state index is -0.481. The molecule has 1 aliphatic carbocycles. The van der Waals surface area contributed by atoms with Gasteiger partial charge >= 0.3 is 6.09 Å². The highest BCUT2D eigenvalue weighted by molar-refractivity contribution is 9.10. The van der Waals surface area contributed by atoms with Crippen molar-refractivity contribution in [2.75, 3.05) is 13.2 Å². The van der Waals surface area contributed by atoms with Gasteiger partial charge in [-0.3, -0.25) is 0 Å². The Labute approximate surface area is 185 Å². The fraction of sp³-hybridized carbons (Fsp3) is 0.240. The molecular weight excluding hydrogens is 442 g/mol. The smallest absolute Gasteiger partial charge is 0.407 e. The van der Waals surface area contributed by atoms with Crippen molar-refractivity contribution in [2.24, 2.45) is 5.92 Å². The minimum Gasteiger partial charge on any atom is -0.449 e. The van der Waals surface area contributed by atoms with Gasteiger partial charge in [0.15, 0.2) is 0 Å². The molecule has 0 saturated carbocycles. The zero-order valence-electron chi connectivity index (χ0n) is 16.7. The van der Waals surface area contributed by atoms with E-state index in [0.29, 0.717) is 0 Å². The number of fused-ring (bicyclic) bond motifs is 3. The number of aliphatic hydroxyl groups excluding tert-OH is 1. The van der Waals surface area contributed by atoms with E-state index >= 15 is 0 Å². The number of carbonyl (C=O) groups is 1. The SMILES string of the molecule is CC(CO)C(NC(=O)OCC1c2ccccc2-c2ccccc21)c1ccc(Br)cc1. The molecule has 3 aromatic carbocycles. The Balaban J connectivity index is 1.48. The van der Waals surface area contributed by atoms with E-state index in [0.717, 1.165) is 10.0 Å². The Hall–Kier alpha value is -2.63. The predicted octanol–water partition coefficient (Wildman–Crippen LogP) is 5.66. The van der Waals surface area contributed by atoms with E-state index in [1.807, 2.05) is 55.5 Å². The summed E-state index contributed by atoms with van der Waals surface area (Å²) in [6.45, 7) is 2.13. The second-order valence-corrected chi connectivity index (χ2v) is 8.57. The third-order valence-corrected chi connectivity index (χ3v) is 6.23. The number of ether oxygens (including phenoxy) is 1. The number of benzene rings is 3. The number of carbonyl (C=O) groups excluding carboxylic acids is 1. The van der Waals surface area contributed by atoms with Gasteiger partial charge in [0.05, 0.1) is 6.04 Å². The zero-order chi connectivity index (χ0) is 21.1. The van der Waals surface area contributed by atoms with Gasteiger partial charge in [0.2, 0.25) is 0 Å². The first-order valence-electron chi connectivity index (χ1n) is 10.1. The topological polar surface area (TPSA) is 58.6 Å². The molecule has 154 valence electrons. The van der Waals surface area contributed by atoms with Crippen LogP contribution in [-0.4, -0.2) is 24.4 Å². The summed E-state index contributed by atoms with van der Waals surface area (Å²) in [7, 11) is 0. The second-order valence-electron chi connectivity index (χ2n) is 7.66. The van der Waals surface area contributed by atoms with Gasteiger partial charge in [0.1, 0.15) is 6.61 Å². The lowest BCUT2D eigenvalue weighted by Gasteiger charge is -2.24. The number of alkyl carbamates (subject to hydrolysis) is 1. The standard InChI is InChI=1S/C25H24BrNO3/c1-16(14-28)24(17-10-12-18(26)13-11-17)27-25(29)30-15-23-21-8-4-2-6-19(21)20-7-3-5-9-22(20)23/h2-13,16,23-24,28H,14-15H2,1H3,(H,27,29). The summed E-state index contributed by atoms with van der Waals surface area (Å²) in [5.74, 6) is -0.129. The summed E-state index contributed by atoms with van der Waals surface area (Å²) in [5.41, 5.74) is 5.68. The van der Waals surface area contributed by atoms with Gasteiger partial charge in [-0.15, -0.1) is 0 Å². The number of halogens is 1. The lowest BCUT2D eigenvalue weighted by atomic mass is 9.95. The largest absolute Gasteiger partial charge is 0.449 e. The van der Waals surface area contributed by atoms with Crippen molar-refractivity contribution in [3.8, 4) is 11.1 Å². The maximum absolute atomic E-state index is 12.7. The normalized spacial score (nSPS) is 14.5. The van der Waals surface area contributed by atoms with Crippen LogP contribution < -0.4 is 5.32 Å². The number of hydrogen-bond donors (Lipinski definition) is 2. The van der Waals surface area contributed by atoms with E-state index in [1.54, 1.807) is 0 Å². The van der Waals surface area contributed by atoms with E-state index < -0.39 is 6.09 Å². The second kappa shape index (κ2) is 9.02. The molecule has 0 aliphatic heterocycles. The predicted molar refractivity (Wildman–Crippen MR) is 121 cm³/mol. The molecule has 30 heavy (non-hydrogen) atoms. The van der Waals surface area contributed by atoms with Crippen molar-refractivity contribution in [3.05, 3.63) is 94.0 Å². The number of nitrogens with one attached hydrogen (secondary N) is 1. The van der Waals surface area contributed by atoms with Crippen LogP contribution in [0.15, 0.2) is 77.3 Å². The molecule has 0 fully saturated rings. The van der Waals surface area contributed by atoms with E-state index in [4.69, 9.17) is 4.74 Å². The van der Waals surface area contributed by atoms with Gasteiger partial charge in [-0.25, -0.2) is 4.79 Å². The summed E-state index contributed by atoms with van der Waals surface area (Å²) in [5, 5.41) is 12.6. The molecule has 2 unspecified atom stereocenters. The lowest BCUT2D eigenvalue weighted by molar-refractivity contribution is 0.129. The van der Waals surface area contributed by atoms with Crippen LogP contribution in [0.5, 0.6) is 0 Å². The fourth-order valence-electron chi connectivity index (χ4n) is 4.10. The Bertz CT molecular complexity index is 989. The summed E-state index contributed by atoms with van der Waals surface area (Å²) in [6, 6.07) is 23.9. The van der Waals surface area contributed by atoms with Crippen molar-refractivity contribution >= 4 is 22.0 Å². The van der Waals surface area contributed by atoms with Crippen LogP contribution in [0.4, 0.5) is 4.79 Å². The summed E-state index contributed by atoms with van der Waals surface area (Å²) >= 11 is 3.43. The Morgan fingerprint density at radius 3 is 2.13 bits per heavy atom. The number of amides is 1. The van der Waals surface area contributed by atoms with Crippen LogP contribution in [0.2, 0.25) is 0 Å². The van der Waals surface area contributed by atoms with Crippen molar-refractivity contribution < 1.29 is 14.6 Å². The molecule has 2 N–H and O–H groups in total. The van der Waals surface area contributed by atoms with E-state index in [2.05, 4.69) is 45.5 Å². The molecule has 0 bridgehead atoms. The van der Waals surface area contributed by atoms with Gasteiger partial charge < -0.3 is 15.2 Å². The molecule has 5 heteroatoms. The molecule has 1 aliphatic rings. The quantitative estimate of drug-likeness (QED) is 0.493.